The van der Waals surface area contributed by atoms with Gasteiger partial charge in [-0.1, -0.05) is 13.8 Å². The second kappa shape index (κ2) is 5.71. The fourth-order valence-corrected chi connectivity index (χ4v) is 2.35. The van der Waals surface area contributed by atoms with E-state index in [2.05, 4.69) is 10.3 Å². The third-order valence-electron chi connectivity index (χ3n) is 2.51. The van der Waals surface area contributed by atoms with Crippen molar-refractivity contribution >= 4 is 11.3 Å². The largest absolute Gasteiger partial charge is 0.309 e. The topological polar surface area (TPSA) is 24.9 Å². The molecule has 0 fully saturated rings. The molecule has 0 atom stereocenters. The second-order valence-corrected chi connectivity index (χ2v) is 5.26. The molecule has 0 aliphatic carbocycles. The van der Waals surface area contributed by atoms with Gasteiger partial charge in [0.25, 0.3) is 0 Å². The lowest BCUT2D eigenvalue weighted by molar-refractivity contribution is 0.449. The van der Waals surface area contributed by atoms with Crippen molar-refractivity contribution in [2.75, 3.05) is 0 Å². The van der Waals surface area contributed by atoms with Crippen LogP contribution in [0.3, 0.4) is 0 Å². The average molecular weight is 286 g/mol. The van der Waals surface area contributed by atoms with Gasteiger partial charge in [-0.05, 0) is 12.1 Å². The predicted octanol–water partition coefficient (Wildman–Crippen LogP) is 3.73. The molecule has 1 N–H and O–H groups in total. The first-order valence-corrected chi connectivity index (χ1v) is 6.68. The van der Waals surface area contributed by atoms with E-state index in [0.717, 1.165) is 11.8 Å². The lowest BCUT2D eigenvalue weighted by Gasteiger charge is -2.05. The highest BCUT2D eigenvalue weighted by Crippen LogP contribution is 2.28. The summed E-state index contributed by atoms with van der Waals surface area (Å²) in [5.74, 6) is -3.85. The van der Waals surface area contributed by atoms with Crippen LogP contribution in [0.1, 0.15) is 19.5 Å². The molecule has 1 heterocycles. The number of thiazole rings is 1. The number of hydrogen-bond donors (Lipinski definition) is 1. The van der Waals surface area contributed by atoms with Gasteiger partial charge >= 0.3 is 0 Å². The molecule has 0 aliphatic rings. The number of benzene rings is 1. The maximum atomic E-state index is 13.6. The van der Waals surface area contributed by atoms with E-state index < -0.39 is 17.5 Å². The molecule has 0 amide bonds. The van der Waals surface area contributed by atoms with E-state index in [1.165, 1.54) is 17.4 Å². The molecule has 2 rings (SSSR count). The average Bonchev–Trinajstić information content (AvgIpc) is 2.82. The van der Waals surface area contributed by atoms with E-state index in [1.54, 1.807) is 5.38 Å². The smallest absolute Gasteiger partial charge is 0.195 e. The minimum Gasteiger partial charge on any atom is -0.309 e. The Morgan fingerprint density at radius 3 is 2.63 bits per heavy atom. The quantitative estimate of drug-likeness (QED) is 0.866. The van der Waals surface area contributed by atoms with Crippen LogP contribution in [0.15, 0.2) is 17.5 Å². The lowest BCUT2D eigenvalue weighted by atomic mass is 10.2. The minimum atomic E-state index is -1.46. The van der Waals surface area contributed by atoms with Crippen molar-refractivity contribution in [2.45, 2.75) is 26.4 Å². The minimum absolute atomic E-state index is 0.0142. The van der Waals surface area contributed by atoms with Gasteiger partial charge in [0.1, 0.15) is 5.01 Å². The number of halogens is 3. The van der Waals surface area contributed by atoms with Gasteiger partial charge in [0.15, 0.2) is 17.5 Å². The van der Waals surface area contributed by atoms with Crippen molar-refractivity contribution in [1.29, 1.82) is 0 Å². The Morgan fingerprint density at radius 2 is 1.95 bits per heavy atom. The molecule has 19 heavy (non-hydrogen) atoms. The van der Waals surface area contributed by atoms with Crippen molar-refractivity contribution in [1.82, 2.24) is 10.3 Å². The van der Waals surface area contributed by atoms with Crippen LogP contribution in [0.25, 0.3) is 10.6 Å². The molecule has 0 saturated carbocycles. The van der Waals surface area contributed by atoms with Crippen molar-refractivity contribution in [2.24, 2.45) is 0 Å². The monoisotopic (exact) mass is 286 g/mol. The van der Waals surface area contributed by atoms with Gasteiger partial charge in [0.05, 0.1) is 5.69 Å². The third-order valence-corrected chi connectivity index (χ3v) is 3.43. The molecule has 1 aromatic heterocycles. The van der Waals surface area contributed by atoms with Crippen LogP contribution in [-0.2, 0) is 6.54 Å². The van der Waals surface area contributed by atoms with E-state index in [9.17, 15) is 13.2 Å². The number of aromatic nitrogens is 1. The van der Waals surface area contributed by atoms with Gasteiger partial charge in [-0.15, -0.1) is 11.3 Å². The van der Waals surface area contributed by atoms with E-state index in [0.29, 0.717) is 17.6 Å². The summed E-state index contributed by atoms with van der Waals surface area (Å²) in [5, 5.41) is 5.29. The number of nitrogens with zero attached hydrogens (tertiary/aromatic N) is 1. The number of hydrogen-bond acceptors (Lipinski definition) is 3. The van der Waals surface area contributed by atoms with Crippen LogP contribution in [0, 0.1) is 17.5 Å². The fraction of sp³-hybridized carbons (Fsp3) is 0.308. The first-order valence-electron chi connectivity index (χ1n) is 5.80. The molecule has 0 bridgehead atoms. The van der Waals surface area contributed by atoms with Crippen LogP contribution < -0.4 is 5.32 Å². The Hall–Kier alpha value is -1.40. The molecule has 102 valence electrons. The van der Waals surface area contributed by atoms with Crippen LogP contribution in [0.2, 0.25) is 0 Å². The molecular weight excluding hydrogens is 273 g/mol. The van der Waals surface area contributed by atoms with E-state index in [1.807, 2.05) is 13.8 Å². The predicted molar refractivity (Wildman–Crippen MR) is 69.4 cm³/mol. The molecule has 2 aromatic rings. The summed E-state index contributed by atoms with van der Waals surface area (Å²) in [6.07, 6.45) is 0. The summed E-state index contributed by atoms with van der Waals surface area (Å²) in [6, 6.07) is 2.41. The van der Waals surface area contributed by atoms with Crippen LogP contribution in [0.5, 0.6) is 0 Å². The van der Waals surface area contributed by atoms with Gasteiger partial charge < -0.3 is 5.32 Å². The zero-order valence-electron chi connectivity index (χ0n) is 10.5. The molecular formula is C13H13F3N2S. The van der Waals surface area contributed by atoms with Crippen LogP contribution in [0.4, 0.5) is 13.2 Å². The van der Waals surface area contributed by atoms with Crippen molar-refractivity contribution in [3.05, 3.63) is 40.7 Å². The summed E-state index contributed by atoms with van der Waals surface area (Å²) in [5.41, 5.74) is 0.734. The van der Waals surface area contributed by atoms with Crippen molar-refractivity contribution < 1.29 is 13.2 Å². The van der Waals surface area contributed by atoms with E-state index in [-0.39, 0.29) is 5.56 Å². The van der Waals surface area contributed by atoms with Crippen LogP contribution in [-0.4, -0.2) is 11.0 Å². The zero-order chi connectivity index (χ0) is 14.0. The summed E-state index contributed by atoms with van der Waals surface area (Å²) in [6.45, 7) is 4.56. The standard InChI is InChI=1S/C13H13F3N2S/c1-7(2)17-5-8-6-19-13(18-8)9-3-4-10(14)12(16)11(9)15/h3-4,6-7,17H,5H2,1-2H3. The molecule has 6 heteroatoms. The van der Waals surface area contributed by atoms with Crippen LogP contribution >= 0.6 is 11.3 Å². The highest BCUT2D eigenvalue weighted by atomic mass is 32.1. The summed E-state index contributed by atoms with van der Waals surface area (Å²) >= 11 is 1.20. The van der Waals surface area contributed by atoms with E-state index in [4.69, 9.17) is 0 Å². The molecule has 0 aliphatic heterocycles. The Morgan fingerprint density at radius 1 is 1.21 bits per heavy atom. The third kappa shape index (κ3) is 3.13. The summed E-state index contributed by atoms with van der Waals surface area (Å²) in [7, 11) is 0. The van der Waals surface area contributed by atoms with Gasteiger partial charge in [0, 0.05) is 23.5 Å². The first kappa shape index (κ1) is 14.0. The maximum absolute atomic E-state index is 13.6. The van der Waals surface area contributed by atoms with Gasteiger partial charge in [-0.25, -0.2) is 18.2 Å². The second-order valence-electron chi connectivity index (χ2n) is 4.40. The highest BCUT2D eigenvalue weighted by molar-refractivity contribution is 7.13. The Balaban J connectivity index is 2.26. The Kier molecular flexibility index (Phi) is 4.21. The normalized spacial score (nSPS) is 11.3. The lowest BCUT2D eigenvalue weighted by Crippen LogP contribution is -2.21. The Bertz CT molecular complexity index is 581. The molecule has 2 nitrogen and oxygen atoms in total. The van der Waals surface area contributed by atoms with Gasteiger partial charge in [0.2, 0.25) is 0 Å². The summed E-state index contributed by atoms with van der Waals surface area (Å²) in [4.78, 5) is 4.21. The molecule has 0 radical (unpaired) electrons. The number of rotatable bonds is 4. The van der Waals surface area contributed by atoms with Gasteiger partial charge in [-0.2, -0.15) is 0 Å². The molecule has 0 spiro atoms. The fourth-order valence-electron chi connectivity index (χ4n) is 1.51. The van der Waals surface area contributed by atoms with Crippen molar-refractivity contribution in [3.63, 3.8) is 0 Å². The van der Waals surface area contributed by atoms with E-state index >= 15 is 0 Å². The zero-order valence-corrected chi connectivity index (χ0v) is 11.3. The SMILES string of the molecule is CC(C)NCc1csc(-c2ccc(F)c(F)c2F)n1. The highest BCUT2D eigenvalue weighted by Gasteiger charge is 2.17. The Labute approximate surface area is 113 Å². The molecule has 1 aromatic carbocycles. The maximum Gasteiger partial charge on any atom is 0.195 e. The number of nitrogens with one attached hydrogen (secondary N) is 1. The van der Waals surface area contributed by atoms with Crippen molar-refractivity contribution in [3.8, 4) is 10.6 Å². The van der Waals surface area contributed by atoms with Gasteiger partial charge in [-0.3, -0.25) is 0 Å². The molecule has 0 unspecified atom stereocenters. The summed E-state index contributed by atoms with van der Waals surface area (Å²) < 4.78 is 39.6. The first-order chi connectivity index (χ1) is 8.99. The molecule has 0 saturated heterocycles.